The van der Waals surface area contributed by atoms with Crippen molar-refractivity contribution in [1.82, 2.24) is 5.10 Å². The zero-order valence-electron chi connectivity index (χ0n) is 18.7. The largest absolute Gasteiger partial charge is 0.299 e. The van der Waals surface area contributed by atoms with Crippen molar-refractivity contribution in [3.8, 4) is 16.3 Å². The molecule has 6 rings (SSSR count). The van der Waals surface area contributed by atoms with Crippen LogP contribution in [0.5, 0.6) is 0 Å². The quantitative estimate of drug-likeness (QED) is 0.249. The summed E-state index contributed by atoms with van der Waals surface area (Å²) in [6, 6.07) is 41.2. The lowest BCUT2D eigenvalue weighted by Crippen LogP contribution is -2.35. The number of aromatic nitrogens is 2. The molecule has 0 bridgehead atoms. The number of rotatable bonds is 5. The minimum absolute atomic E-state index is 0.972. The normalized spacial score (nSPS) is 14.3. The highest BCUT2D eigenvalue weighted by atomic mass is 32.2. The molecule has 5 aromatic rings. The van der Waals surface area contributed by atoms with Gasteiger partial charge in [-0.1, -0.05) is 97.1 Å². The van der Waals surface area contributed by atoms with Crippen LogP contribution in [0.4, 0.5) is 5.69 Å². The van der Waals surface area contributed by atoms with Gasteiger partial charge >= 0.3 is 0 Å². The van der Waals surface area contributed by atoms with E-state index in [2.05, 4.69) is 54.6 Å². The second-order valence-corrected chi connectivity index (χ2v) is 9.88. The van der Waals surface area contributed by atoms with E-state index in [-0.39, 0.29) is 0 Å². The Kier molecular flexibility index (Phi) is 5.97. The third kappa shape index (κ3) is 4.54. The number of thioether (sulfide) groups is 1. The lowest BCUT2D eigenvalue weighted by Gasteiger charge is -2.14. The fourth-order valence-electron chi connectivity index (χ4n) is 3.80. The molecule has 0 aliphatic carbocycles. The molecule has 0 spiro atoms. The summed E-state index contributed by atoms with van der Waals surface area (Å²) in [5, 5.41) is 16.0. The van der Waals surface area contributed by atoms with Crippen molar-refractivity contribution in [3.05, 3.63) is 137 Å². The third-order valence-electron chi connectivity index (χ3n) is 5.49. The molecular weight excluding hydrogens is 468 g/mol. The molecule has 1 aromatic heterocycles. The third-order valence-corrected chi connectivity index (χ3v) is 7.51. The van der Waals surface area contributed by atoms with Gasteiger partial charge in [0, 0.05) is 28.4 Å². The Morgan fingerprint density at radius 2 is 1.23 bits per heavy atom. The first-order chi connectivity index (χ1) is 17.3. The lowest BCUT2D eigenvalue weighted by molar-refractivity contribution is -0.654. The smallest absolute Gasteiger partial charge is 0.226 e. The predicted octanol–water partition coefficient (Wildman–Crippen LogP) is 7.00. The number of anilines is 1. The van der Waals surface area contributed by atoms with Crippen LogP contribution in [0, 0.1) is 0 Å². The van der Waals surface area contributed by atoms with Gasteiger partial charge in [0.25, 0.3) is 5.01 Å². The number of nitrogens with zero attached hydrogens (tertiary/aromatic N) is 4. The number of para-hydroxylation sites is 2. The first-order valence-electron chi connectivity index (χ1n) is 11.3. The second-order valence-electron chi connectivity index (χ2n) is 7.86. The van der Waals surface area contributed by atoms with Gasteiger partial charge in [-0.15, -0.1) is 0 Å². The van der Waals surface area contributed by atoms with E-state index in [1.54, 1.807) is 23.1 Å². The number of benzene rings is 4. The molecule has 1 aliphatic rings. The summed E-state index contributed by atoms with van der Waals surface area (Å²) < 4.78 is 2.02. The van der Waals surface area contributed by atoms with E-state index in [9.17, 15) is 0 Å². The number of hydrazone groups is 1. The molecule has 6 heteroatoms. The van der Waals surface area contributed by atoms with Crippen LogP contribution in [0.25, 0.3) is 22.3 Å². The highest BCUT2D eigenvalue weighted by Gasteiger charge is 2.28. The zero-order chi connectivity index (χ0) is 23.5. The molecule has 4 nitrogen and oxygen atoms in total. The molecule has 0 atom stereocenters. The van der Waals surface area contributed by atoms with Gasteiger partial charge < -0.3 is 0 Å². The molecule has 168 valence electrons. The molecule has 35 heavy (non-hydrogen) atoms. The molecule has 0 fully saturated rings. The SMILES string of the molecule is C(=C1/SC(c2ccccc2)=NN1c1ccccc1)/c1sc(-c2ccccc2)n[n+]1-c1ccccc1. The van der Waals surface area contributed by atoms with Crippen LogP contribution < -0.4 is 9.69 Å². The maximum Gasteiger partial charge on any atom is 0.299 e. The minimum Gasteiger partial charge on any atom is -0.226 e. The summed E-state index contributed by atoms with van der Waals surface area (Å²) in [6.07, 6.45) is 2.19. The van der Waals surface area contributed by atoms with Crippen LogP contribution in [0.3, 0.4) is 0 Å². The molecule has 4 aromatic carbocycles. The van der Waals surface area contributed by atoms with Crippen LogP contribution in [0.1, 0.15) is 10.6 Å². The van der Waals surface area contributed by atoms with Crippen LogP contribution in [-0.4, -0.2) is 10.1 Å². The Morgan fingerprint density at radius 1 is 0.657 bits per heavy atom. The minimum atomic E-state index is 0.972. The van der Waals surface area contributed by atoms with Crippen LogP contribution in [-0.2, 0) is 0 Å². The number of hydrogen-bond acceptors (Lipinski definition) is 5. The molecule has 0 unspecified atom stereocenters. The van der Waals surface area contributed by atoms with Crippen LogP contribution in [0.2, 0.25) is 0 Å². The average molecular weight is 490 g/mol. The van der Waals surface area contributed by atoms with Gasteiger partial charge in [0.05, 0.1) is 11.8 Å². The molecular formula is C29H21N4S2+. The van der Waals surface area contributed by atoms with E-state index in [4.69, 9.17) is 10.2 Å². The van der Waals surface area contributed by atoms with Crippen molar-refractivity contribution < 1.29 is 4.68 Å². The highest BCUT2D eigenvalue weighted by Crippen LogP contribution is 2.38. The molecule has 2 heterocycles. The van der Waals surface area contributed by atoms with Gasteiger partial charge in [-0.05, 0) is 39.9 Å². The van der Waals surface area contributed by atoms with E-state index in [1.165, 1.54) is 0 Å². The van der Waals surface area contributed by atoms with E-state index in [0.717, 1.165) is 42.6 Å². The van der Waals surface area contributed by atoms with Gasteiger partial charge in [-0.3, -0.25) is 0 Å². The summed E-state index contributed by atoms with van der Waals surface area (Å²) in [4.78, 5) is 0. The van der Waals surface area contributed by atoms with Crippen LogP contribution in [0.15, 0.2) is 131 Å². The summed E-state index contributed by atoms with van der Waals surface area (Å²) in [5.41, 5.74) is 4.26. The van der Waals surface area contributed by atoms with Gasteiger partial charge in [-0.25, -0.2) is 5.01 Å². The molecule has 0 saturated carbocycles. The van der Waals surface area contributed by atoms with Crippen LogP contribution >= 0.6 is 23.1 Å². The van der Waals surface area contributed by atoms with Crippen molar-refractivity contribution >= 4 is 39.9 Å². The van der Waals surface area contributed by atoms with Gasteiger partial charge in [0.1, 0.15) is 10.1 Å². The van der Waals surface area contributed by atoms with Gasteiger partial charge in [0.2, 0.25) is 5.69 Å². The lowest BCUT2D eigenvalue weighted by atomic mass is 10.2. The molecule has 1 aliphatic heterocycles. The highest BCUT2D eigenvalue weighted by molar-refractivity contribution is 8.18. The molecule has 0 radical (unpaired) electrons. The summed E-state index contributed by atoms with van der Waals surface area (Å²) in [6.45, 7) is 0. The zero-order valence-corrected chi connectivity index (χ0v) is 20.4. The fraction of sp³-hybridized carbons (Fsp3) is 0. The van der Waals surface area contributed by atoms with E-state index >= 15 is 0 Å². The first-order valence-corrected chi connectivity index (χ1v) is 12.9. The standard InChI is InChI=1S/C29H21N4S2/c1-5-13-22(14-6-1)28-30-32(24-17-9-3-10-18-24)26(34-28)21-27-33(25-19-11-4-12-20-25)31-29(35-27)23-15-7-2-8-16-23/h1-21H/q+1. The first kappa shape index (κ1) is 21.5. The Hall–Kier alpha value is -4.00. The van der Waals surface area contributed by atoms with E-state index < -0.39 is 0 Å². The molecule has 0 saturated heterocycles. The Balaban J connectivity index is 1.47. The topological polar surface area (TPSA) is 32.4 Å². The van der Waals surface area contributed by atoms with Crippen molar-refractivity contribution in [1.29, 1.82) is 0 Å². The van der Waals surface area contributed by atoms with Crippen molar-refractivity contribution in [2.24, 2.45) is 5.10 Å². The molecule has 0 amide bonds. The van der Waals surface area contributed by atoms with Crippen molar-refractivity contribution in [2.45, 2.75) is 0 Å². The van der Waals surface area contributed by atoms with Gasteiger partial charge in [0.15, 0.2) is 5.01 Å². The maximum atomic E-state index is 4.99. The second kappa shape index (κ2) is 9.70. The number of hydrogen-bond donors (Lipinski definition) is 0. The Morgan fingerprint density at radius 3 is 1.89 bits per heavy atom. The fourth-order valence-corrected chi connectivity index (χ4v) is 5.83. The van der Waals surface area contributed by atoms with Crippen molar-refractivity contribution in [2.75, 3.05) is 5.01 Å². The van der Waals surface area contributed by atoms with E-state index in [1.807, 2.05) is 82.5 Å². The Bertz CT molecular complexity index is 1500. The summed E-state index contributed by atoms with van der Waals surface area (Å²) in [5.74, 6) is 0. The Labute approximate surface area is 212 Å². The summed E-state index contributed by atoms with van der Waals surface area (Å²) in [7, 11) is 0. The van der Waals surface area contributed by atoms with E-state index in [0.29, 0.717) is 0 Å². The predicted molar refractivity (Wildman–Crippen MR) is 147 cm³/mol. The monoisotopic (exact) mass is 489 g/mol. The molecule has 0 N–H and O–H groups in total. The average Bonchev–Trinajstić information content (AvgIpc) is 3.56. The maximum absolute atomic E-state index is 4.99. The van der Waals surface area contributed by atoms with Crippen molar-refractivity contribution in [3.63, 3.8) is 0 Å². The summed E-state index contributed by atoms with van der Waals surface area (Å²) >= 11 is 3.35. The van der Waals surface area contributed by atoms with Gasteiger partial charge in [-0.2, -0.15) is 5.10 Å².